The minimum Gasteiger partial charge on any atom is -0.497 e. The normalized spacial score (nSPS) is 13.4. The number of aliphatic hydroxyl groups is 1. The number of likely N-dealkylation sites (N-methyl/N-ethyl adjacent to an activating group) is 1. The van der Waals surface area contributed by atoms with Crippen LogP contribution in [0.3, 0.4) is 0 Å². The molecule has 0 amide bonds. The number of benzene rings is 1. The monoisotopic (exact) mass is 281 g/mol. The van der Waals surface area contributed by atoms with Gasteiger partial charge in [-0.15, -0.1) is 0 Å². The highest BCUT2D eigenvalue weighted by atomic mass is 16.5. The van der Waals surface area contributed by atoms with Crippen molar-refractivity contribution in [2.75, 3.05) is 28.3 Å². The molecule has 0 aromatic heterocycles. The summed E-state index contributed by atoms with van der Waals surface area (Å²) in [5, 5.41) is 10.9. The fraction of sp³-hybridized carbons (Fsp3) is 0.625. The predicted octanol–water partition coefficient (Wildman–Crippen LogP) is 2.86. The molecule has 4 nitrogen and oxygen atoms in total. The molecule has 0 fully saturated rings. The Hall–Kier alpha value is -1.26. The highest BCUT2D eigenvalue weighted by Crippen LogP contribution is 2.38. The Kier molecular flexibility index (Phi) is 5.84. The average Bonchev–Trinajstić information content (AvgIpc) is 2.47. The van der Waals surface area contributed by atoms with Crippen LogP contribution in [0.2, 0.25) is 0 Å². The van der Waals surface area contributed by atoms with Gasteiger partial charge in [0.25, 0.3) is 0 Å². The lowest BCUT2D eigenvalue weighted by atomic mass is 9.81. The Balaban J connectivity index is 3.27. The van der Waals surface area contributed by atoms with Crippen molar-refractivity contribution >= 4 is 0 Å². The highest BCUT2D eigenvalue weighted by Gasteiger charge is 2.38. The Morgan fingerprint density at radius 3 is 1.80 bits per heavy atom. The van der Waals surface area contributed by atoms with Gasteiger partial charge in [0.05, 0.1) is 20.3 Å². The summed E-state index contributed by atoms with van der Waals surface area (Å²) in [6, 6.07) is 5.55. The third-order valence-electron chi connectivity index (χ3n) is 4.31. The van der Waals surface area contributed by atoms with Gasteiger partial charge in [0.2, 0.25) is 0 Å². The first-order valence-corrected chi connectivity index (χ1v) is 7.03. The second-order valence-electron chi connectivity index (χ2n) is 5.25. The molecule has 20 heavy (non-hydrogen) atoms. The summed E-state index contributed by atoms with van der Waals surface area (Å²) >= 11 is 0. The van der Waals surface area contributed by atoms with Crippen LogP contribution in [0.5, 0.6) is 11.5 Å². The van der Waals surface area contributed by atoms with Crippen LogP contribution in [0.4, 0.5) is 0 Å². The number of methoxy groups -OCH3 is 2. The average molecular weight is 281 g/mol. The van der Waals surface area contributed by atoms with E-state index in [1.54, 1.807) is 14.2 Å². The molecule has 0 aliphatic heterocycles. The molecule has 0 aliphatic rings. The van der Waals surface area contributed by atoms with Gasteiger partial charge < -0.3 is 19.5 Å². The Morgan fingerprint density at radius 1 is 1.05 bits per heavy atom. The SMILES string of the molecule is CCC(CC)(C(O)c1cc(OC)cc(OC)c1)N(C)C. The fourth-order valence-electron chi connectivity index (χ4n) is 2.81. The van der Waals surface area contributed by atoms with Crippen molar-refractivity contribution in [1.29, 1.82) is 0 Å². The molecule has 1 aromatic rings. The molecule has 1 rings (SSSR count). The largest absolute Gasteiger partial charge is 0.497 e. The van der Waals surface area contributed by atoms with E-state index in [0.717, 1.165) is 18.4 Å². The summed E-state index contributed by atoms with van der Waals surface area (Å²) in [6.07, 6.45) is 1.12. The summed E-state index contributed by atoms with van der Waals surface area (Å²) in [5.41, 5.74) is 0.524. The van der Waals surface area contributed by atoms with Crippen molar-refractivity contribution in [2.45, 2.75) is 38.3 Å². The Morgan fingerprint density at radius 2 is 1.50 bits per heavy atom. The van der Waals surface area contributed by atoms with E-state index in [-0.39, 0.29) is 5.54 Å². The van der Waals surface area contributed by atoms with E-state index in [9.17, 15) is 5.11 Å². The maximum Gasteiger partial charge on any atom is 0.122 e. The van der Waals surface area contributed by atoms with Gasteiger partial charge in [-0.1, -0.05) is 13.8 Å². The Labute approximate surface area is 122 Å². The molecule has 1 unspecified atom stereocenters. The summed E-state index contributed by atoms with van der Waals surface area (Å²) in [4.78, 5) is 2.10. The van der Waals surface area contributed by atoms with E-state index >= 15 is 0 Å². The molecule has 1 atom stereocenters. The molecule has 0 saturated heterocycles. The second-order valence-corrected chi connectivity index (χ2v) is 5.25. The molecular formula is C16H27NO3. The minimum absolute atomic E-state index is 0.294. The van der Waals surface area contributed by atoms with E-state index in [4.69, 9.17) is 9.47 Å². The molecule has 0 bridgehead atoms. The summed E-state index contributed by atoms with van der Waals surface area (Å²) in [5.74, 6) is 1.39. The molecule has 1 aromatic carbocycles. The third kappa shape index (κ3) is 3.07. The van der Waals surface area contributed by atoms with Gasteiger partial charge in [-0.2, -0.15) is 0 Å². The molecule has 0 aliphatic carbocycles. The van der Waals surface area contributed by atoms with Crippen molar-refractivity contribution in [3.05, 3.63) is 23.8 Å². The first-order chi connectivity index (χ1) is 9.44. The number of hydrogen-bond acceptors (Lipinski definition) is 4. The maximum atomic E-state index is 10.9. The smallest absolute Gasteiger partial charge is 0.122 e. The van der Waals surface area contributed by atoms with Crippen LogP contribution in [0.25, 0.3) is 0 Å². The molecule has 114 valence electrons. The first kappa shape index (κ1) is 16.8. The van der Waals surface area contributed by atoms with Crippen LogP contribution in [0.15, 0.2) is 18.2 Å². The lowest BCUT2D eigenvalue weighted by Crippen LogP contribution is -2.48. The molecule has 0 saturated carbocycles. The van der Waals surface area contributed by atoms with Crippen LogP contribution in [-0.2, 0) is 0 Å². The van der Waals surface area contributed by atoms with E-state index < -0.39 is 6.10 Å². The topological polar surface area (TPSA) is 41.9 Å². The van der Waals surface area contributed by atoms with Gasteiger partial charge in [0, 0.05) is 11.6 Å². The van der Waals surface area contributed by atoms with E-state index in [2.05, 4.69) is 18.7 Å². The van der Waals surface area contributed by atoms with E-state index in [1.165, 1.54) is 0 Å². The number of aliphatic hydroxyl groups excluding tert-OH is 1. The fourth-order valence-corrected chi connectivity index (χ4v) is 2.81. The van der Waals surface area contributed by atoms with Crippen molar-refractivity contribution in [3.8, 4) is 11.5 Å². The van der Waals surface area contributed by atoms with Gasteiger partial charge >= 0.3 is 0 Å². The second kappa shape index (κ2) is 6.95. The van der Waals surface area contributed by atoms with Gasteiger partial charge in [-0.3, -0.25) is 0 Å². The summed E-state index contributed by atoms with van der Waals surface area (Å²) in [7, 11) is 7.24. The van der Waals surface area contributed by atoms with Gasteiger partial charge in [0.15, 0.2) is 0 Å². The lowest BCUT2D eigenvalue weighted by Gasteiger charge is -2.42. The minimum atomic E-state index is -0.600. The van der Waals surface area contributed by atoms with Crippen molar-refractivity contribution in [2.24, 2.45) is 0 Å². The van der Waals surface area contributed by atoms with Crippen LogP contribution in [-0.4, -0.2) is 43.9 Å². The Bertz CT molecular complexity index is 405. The summed E-state index contributed by atoms with van der Waals surface area (Å²) < 4.78 is 10.6. The number of rotatable bonds is 7. The maximum absolute atomic E-state index is 10.9. The van der Waals surface area contributed by atoms with Crippen molar-refractivity contribution in [1.82, 2.24) is 4.90 Å². The first-order valence-electron chi connectivity index (χ1n) is 7.03. The zero-order chi connectivity index (χ0) is 15.3. The van der Waals surface area contributed by atoms with Crippen LogP contribution in [0, 0.1) is 0 Å². The standard InChI is InChI=1S/C16H27NO3/c1-7-16(8-2,17(3)4)15(18)12-9-13(19-5)11-14(10-12)20-6/h9-11,15,18H,7-8H2,1-6H3. The van der Waals surface area contributed by atoms with E-state index in [1.807, 2.05) is 32.3 Å². The van der Waals surface area contributed by atoms with Crippen LogP contribution in [0.1, 0.15) is 38.4 Å². The number of hydrogen-bond donors (Lipinski definition) is 1. The van der Waals surface area contributed by atoms with E-state index in [0.29, 0.717) is 11.5 Å². The predicted molar refractivity (Wildman–Crippen MR) is 81.5 cm³/mol. The summed E-state index contributed by atoms with van der Waals surface area (Å²) in [6.45, 7) is 4.20. The van der Waals surface area contributed by atoms with Gasteiger partial charge in [-0.05, 0) is 44.6 Å². The number of ether oxygens (including phenoxy) is 2. The molecular weight excluding hydrogens is 254 g/mol. The molecule has 0 heterocycles. The van der Waals surface area contributed by atoms with Crippen LogP contribution >= 0.6 is 0 Å². The number of nitrogens with zero attached hydrogens (tertiary/aromatic N) is 1. The molecule has 0 radical (unpaired) electrons. The third-order valence-corrected chi connectivity index (χ3v) is 4.31. The van der Waals surface area contributed by atoms with Crippen molar-refractivity contribution in [3.63, 3.8) is 0 Å². The lowest BCUT2D eigenvalue weighted by molar-refractivity contribution is -0.0151. The van der Waals surface area contributed by atoms with Crippen LogP contribution < -0.4 is 9.47 Å². The zero-order valence-corrected chi connectivity index (χ0v) is 13.4. The van der Waals surface area contributed by atoms with Gasteiger partial charge in [-0.25, -0.2) is 0 Å². The molecule has 0 spiro atoms. The molecule has 1 N–H and O–H groups in total. The zero-order valence-electron chi connectivity index (χ0n) is 13.4. The van der Waals surface area contributed by atoms with Crippen molar-refractivity contribution < 1.29 is 14.6 Å². The molecule has 4 heteroatoms. The quantitative estimate of drug-likeness (QED) is 0.834. The highest BCUT2D eigenvalue weighted by molar-refractivity contribution is 5.40. The van der Waals surface area contributed by atoms with Gasteiger partial charge in [0.1, 0.15) is 11.5 Å².